The number of carbonyl (C=O) groups excluding carboxylic acids is 1. The van der Waals surface area contributed by atoms with Crippen molar-refractivity contribution < 1.29 is 22.5 Å². The van der Waals surface area contributed by atoms with Gasteiger partial charge in [0.2, 0.25) is 15.9 Å². The number of rotatable bonds is 5. The average Bonchev–Trinajstić information content (AvgIpc) is 3.35. The lowest BCUT2D eigenvalue weighted by molar-refractivity contribution is 0.0190. The number of hydrogen-bond acceptors (Lipinski definition) is 8. The van der Waals surface area contributed by atoms with Gasteiger partial charge in [-0.25, -0.2) is 13.2 Å². The van der Waals surface area contributed by atoms with Crippen LogP contribution >= 0.6 is 0 Å². The van der Waals surface area contributed by atoms with E-state index in [0.29, 0.717) is 51.1 Å². The van der Waals surface area contributed by atoms with Crippen LogP contribution in [0.3, 0.4) is 0 Å². The summed E-state index contributed by atoms with van der Waals surface area (Å²) in [7, 11) is -3.41. The smallest absolute Gasteiger partial charge is 0.410 e. The SMILES string of the molecule is C[C@H](c1nc(C2CC2)no1)N1CC(S(=O)(=O)N2CCN(C(=O)OC(C)(C)C)CC2)C1. The van der Waals surface area contributed by atoms with Crippen LogP contribution in [-0.2, 0) is 14.8 Å². The molecule has 168 valence electrons. The number of piperazine rings is 1. The van der Waals surface area contributed by atoms with Crippen LogP contribution in [0.2, 0.25) is 0 Å². The van der Waals surface area contributed by atoms with Gasteiger partial charge in [-0.2, -0.15) is 9.29 Å². The number of sulfonamides is 1. The lowest BCUT2D eigenvalue weighted by Crippen LogP contribution is -2.61. The largest absolute Gasteiger partial charge is 0.444 e. The highest BCUT2D eigenvalue weighted by molar-refractivity contribution is 7.89. The van der Waals surface area contributed by atoms with Crippen LogP contribution in [0.15, 0.2) is 4.52 Å². The molecule has 4 rings (SSSR count). The first-order valence-corrected chi connectivity index (χ1v) is 12.1. The second-order valence-electron chi connectivity index (χ2n) is 9.43. The number of aromatic nitrogens is 2. The Morgan fingerprint density at radius 1 is 1.17 bits per heavy atom. The molecule has 10 nitrogen and oxygen atoms in total. The summed E-state index contributed by atoms with van der Waals surface area (Å²) >= 11 is 0. The number of nitrogens with zero attached hydrogens (tertiary/aromatic N) is 5. The summed E-state index contributed by atoms with van der Waals surface area (Å²) in [6, 6.07) is -0.0968. The summed E-state index contributed by atoms with van der Waals surface area (Å²) in [6.45, 7) is 9.56. The molecule has 30 heavy (non-hydrogen) atoms. The zero-order chi connectivity index (χ0) is 21.7. The molecule has 1 saturated carbocycles. The van der Waals surface area contributed by atoms with Gasteiger partial charge in [-0.1, -0.05) is 5.16 Å². The summed E-state index contributed by atoms with van der Waals surface area (Å²) in [4.78, 5) is 20.3. The van der Waals surface area contributed by atoms with Crippen molar-refractivity contribution in [3.63, 3.8) is 0 Å². The fraction of sp³-hybridized carbons (Fsp3) is 0.842. The normalized spacial score (nSPS) is 23.3. The quantitative estimate of drug-likeness (QED) is 0.677. The predicted molar refractivity (Wildman–Crippen MR) is 108 cm³/mol. The molecule has 0 radical (unpaired) electrons. The van der Waals surface area contributed by atoms with Gasteiger partial charge in [-0.3, -0.25) is 4.90 Å². The van der Waals surface area contributed by atoms with Gasteiger partial charge in [-0.15, -0.1) is 0 Å². The van der Waals surface area contributed by atoms with Gasteiger partial charge >= 0.3 is 6.09 Å². The van der Waals surface area contributed by atoms with Crippen LogP contribution in [0.5, 0.6) is 0 Å². The number of amides is 1. The van der Waals surface area contributed by atoms with Gasteiger partial charge in [0.1, 0.15) is 10.9 Å². The van der Waals surface area contributed by atoms with Crippen molar-refractivity contribution in [3.8, 4) is 0 Å². The molecule has 0 unspecified atom stereocenters. The van der Waals surface area contributed by atoms with Crippen LogP contribution < -0.4 is 0 Å². The first-order valence-electron chi connectivity index (χ1n) is 10.6. The van der Waals surface area contributed by atoms with Crippen molar-refractivity contribution in [2.45, 2.75) is 63.3 Å². The average molecular weight is 442 g/mol. The van der Waals surface area contributed by atoms with Crippen molar-refractivity contribution in [2.24, 2.45) is 0 Å². The van der Waals surface area contributed by atoms with E-state index in [1.807, 2.05) is 32.6 Å². The van der Waals surface area contributed by atoms with Crippen molar-refractivity contribution in [1.29, 1.82) is 0 Å². The van der Waals surface area contributed by atoms with Gasteiger partial charge in [0, 0.05) is 45.2 Å². The Hall–Kier alpha value is -1.72. The lowest BCUT2D eigenvalue weighted by atomic mass is 10.1. The molecule has 1 aromatic rings. The fourth-order valence-corrected chi connectivity index (χ4v) is 5.57. The Balaban J connectivity index is 1.27. The van der Waals surface area contributed by atoms with Gasteiger partial charge in [0.05, 0.1) is 6.04 Å². The zero-order valence-electron chi connectivity index (χ0n) is 18.1. The molecule has 0 aromatic carbocycles. The third-order valence-corrected chi connectivity index (χ3v) is 8.08. The molecule has 1 amide bonds. The van der Waals surface area contributed by atoms with E-state index in [4.69, 9.17) is 9.26 Å². The minimum Gasteiger partial charge on any atom is -0.444 e. The second kappa shape index (κ2) is 7.76. The number of ether oxygens (including phenoxy) is 1. The van der Waals surface area contributed by atoms with Crippen molar-refractivity contribution in [3.05, 3.63) is 11.7 Å². The van der Waals surface area contributed by atoms with E-state index in [0.717, 1.165) is 18.7 Å². The highest BCUT2D eigenvalue weighted by atomic mass is 32.2. The van der Waals surface area contributed by atoms with Crippen molar-refractivity contribution >= 4 is 16.1 Å². The molecule has 1 atom stereocenters. The molecule has 0 bridgehead atoms. The van der Waals surface area contributed by atoms with Crippen LogP contribution in [0, 0.1) is 0 Å². The monoisotopic (exact) mass is 441 g/mol. The summed E-state index contributed by atoms with van der Waals surface area (Å²) < 4.78 is 38.2. The Labute approximate surface area is 177 Å². The molecule has 2 aliphatic heterocycles. The highest BCUT2D eigenvalue weighted by Gasteiger charge is 2.45. The standard InChI is InChI=1S/C19H31N5O5S/c1-13(17-20-16(21-29-17)14-5-6-14)23-11-15(12-23)30(26,27)24-9-7-22(8-10-24)18(25)28-19(2,3)4/h13-15H,5-12H2,1-4H3/t13-/m1/s1. The Kier molecular flexibility index (Phi) is 5.56. The molecule has 11 heteroatoms. The Bertz CT molecular complexity index is 877. The Morgan fingerprint density at radius 2 is 1.80 bits per heavy atom. The van der Waals surface area contributed by atoms with Gasteiger partial charge in [0.25, 0.3) is 0 Å². The third-order valence-electron chi connectivity index (χ3n) is 5.85. The van der Waals surface area contributed by atoms with E-state index in [2.05, 4.69) is 10.1 Å². The molecule has 0 N–H and O–H groups in total. The first kappa shape index (κ1) is 21.5. The summed E-state index contributed by atoms with van der Waals surface area (Å²) in [5, 5.41) is 3.60. The number of carbonyl (C=O) groups is 1. The Morgan fingerprint density at radius 3 is 2.37 bits per heavy atom. The third kappa shape index (κ3) is 4.47. The maximum Gasteiger partial charge on any atom is 0.410 e. The topological polar surface area (TPSA) is 109 Å². The van der Waals surface area contributed by atoms with E-state index >= 15 is 0 Å². The van der Waals surface area contributed by atoms with Crippen molar-refractivity contribution in [2.75, 3.05) is 39.3 Å². The summed E-state index contributed by atoms with van der Waals surface area (Å²) in [6.07, 6.45) is 1.82. The van der Waals surface area contributed by atoms with E-state index in [9.17, 15) is 13.2 Å². The van der Waals surface area contributed by atoms with Crippen LogP contribution in [0.25, 0.3) is 0 Å². The molecule has 1 aromatic heterocycles. The molecule has 3 heterocycles. The van der Waals surface area contributed by atoms with E-state index in [-0.39, 0.29) is 6.04 Å². The molecule has 3 fully saturated rings. The minimum absolute atomic E-state index is 0.0968. The molecular weight excluding hydrogens is 410 g/mol. The number of likely N-dealkylation sites (tertiary alicyclic amines) is 1. The lowest BCUT2D eigenvalue weighted by Gasteiger charge is -2.44. The minimum atomic E-state index is -3.41. The van der Waals surface area contributed by atoms with E-state index in [1.54, 1.807) is 4.90 Å². The predicted octanol–water partition coefficient (Wildman–Crippen LogP) is 1.57. The number of hydrogen-bond donors (Lipinski definition) is 0. The summed E-state index contributed by atoms with van der Waals surface area (Å²) in [5.74, 6) is 1.75. The molecule has 1 aliphatic carbocycles. The summed E-state index contributed by atoms with van der Waals surface area (Å²) in [5.41, 5.74) is -0.565. The van der Waals surface area contributed by atoms with Gasteiger partial charge in [0.15, 0.2) is 5.82 Å². The molecule has 0 spiro atoms. The first-order chi connectivity index (χ1) is 14.0. The highest BCUT2D eigenvalue weighted by Crippen LogP contribution is 2.39. The maximum absolute atomic E-state index is 13.0. The molecule has 3 aliphatic rings. The van der Waals surface area contributed by atoms with Crippen molar-refractivity contribution in [1.82, 2.24) is 24.2 Å². The second-order valence-corrected chi connectivity index (χ2v) is 11.6. The van der Waals surface area contributed by atoms with E-state index in [1.165, 1.54) is 4.31 Å². The molecule has 2 saturated heterocycles. The zero-order valence-corrected chi connectivity index (χ0v) is 18.9. The van der Waals surface area contributed by atoms with E-state index < -0.39 is 27.0 Å². The van der Waals surface area contributed by atoms with Gasteiger partial charge < -0.3 is 14.2 Å². The van der Waals surface area contributed by atoms with Crippen LogP contribution in [-0.4, -0.2) is 88.9 Å². The molecular formula is C19H31N5O5S. The van der Waals surface area contributed by atoms with Crippen LogP contribution in [0.1, 0.15) is 64.2 Å². The van der Waals surface area contributed by atoms with Crippen LogP contribution in [0.4, 0.5) is 4.79 Å². The maximum atomic E-state index is 13.0. The van der Waals surface area contributed by atoms with Gasteiger partial charge in [-0.05, 0) is 40.5 Å². The fourth-order valence-electron chi connectivity index (χ4n) is 3.72.